The van der Waals surface area contributed by atoms with Crippen molar-refractivity contribution in [2.75, 3.05) is 17.2 Å². The van der Waals surface area contributed by atoms with Crippen molar-refractivity contribution in [3.05, 3.63) is 65.0 Å². The van der Waals surface area contributed by atoms with Crippen LogP contribution in [0.1, 0.15) is 18.9 Å². The lowest BCUT2D eigenvalue weighted by Crippen LogP contribution is -2.23. The molecule has 1 aromatic carbocycles. The summed E-state index contributed by atoms with van der Waals surface area (Å²) in [5.74, 6) is 1.02. The van der Waals surface area contributed by atoms with Crippen molar-refractivity contribution in [1.82, 2.24) is 19.7 Å². The molecule has 0 radical (unpaired) electrons. The minimum absolute atomic E-state index is 0.0174. The number of aromatic nitrogens is 3. The molecule has 8 nitrogen and oxygen atoms in total. The molecule has 4 N–H and O–H groups in total. The van der Waals surface area contributed by atoms with Crippen LogP contribution in [0.3, 0.4) is 0 Å². The van der Waals surface area contributed by atoms with E-state index >= 15 is 0 Å². The van der Waals surface area contributed by atoms with Crippen LogP contribution in [-0.2, 0) is 17.5 Å². The molecule has 2 aromatic heterocycles. The molecule has 10 heteroatoms. The number of pyridine rings is 1. The Kier molecular flexibility index (Phi) is 8.26. The van der Waals surface area contributed by atoms with Gasteiger partial charge in [-0.1, -0.05) is 6.92 Å². The first-order valence-electron chi connectivity index (χ1n) is 9.40. The van der Waals surface area contributed by atoms with E-state index in [4.69, 9.17) is 0 Å². The van der Waals surface area contributed by atoms with E-state index in [1.807, 2.05) is 31.2 Å². The van der Waals surface area contributed by atoms with Gasteiger partial charge in [-0.3, -0.25) is 4.98 Å². The molecule has 3 aromatic rings. The predicted octanol–water partition coefficient (Wildman–Crippen LogP) is 3.37. The number of nitrogens with zero attached hydrogens (tertiary/aromatic N) is 3. The van der Waals surface area contributed by atoms with E-state index < -0.39 is 11.0 Å². The molecular weight excluding hydrogens is 468 g/mol. The number of hydrogen-bond acceptors (Lipinski definition) is 7. The number of anilines is 3. The van der Waals surface area contributed by atoms with Crippen LogP contribution in [0.15, 0.2) is 64.4 Å². The summed E-state index contributed by atoms with van der Waals surface area (Å²) in [5, 5.41) is 15.7. The Morgan fingerprint density at radius 1 is 1.17 bits per heavy atom. The average molecular weight is 491 g/mol. The first kappa shape index (κ1) is 22.3. The van der Waals surface area contributed by atoms with Gasteiger partial charge in [-0.2, -0.15) is 4.98 Å². The smallest absolute Gasteiger partial charge is 0.229 e. The Labute approximate surface area is 186 Å². The number of aliphatic hydroxyl groups is 1. The van der Waals surface area contributed by atoms with Gasteiger partial charge < -0.3 is 15.7 Å². The second kappa shape index (κ2) is 11.1. The second-order valence-corrected chi connectivity index (χ2v) is 8.57. The highest BCUT2D eigenvalue weighted by molar-refractivity contribution is 9.10. The SMILES string of the molecule is CCC(CO)Nc1nc(Nc2ccc(S(=O)NCc3ccncc3)cc2)ncc1Br. The van der Waals surface area contributed by atoms with E-state index in [0.29, 0.717) is 27.7 Å². The first-order chi connectivity index (χ1) is 14.6. The summed E-state index contributed by atoms with van der Waals surface area (Å²) in [4.78, 5) is 13.4. The molecule has 0 aliphatic heterocycles. The molecule has 0 aliphatic rings. The molecule has 2 atom stereocenters. The number of rotatable bonds is 10. The molecule has 0 spiro atoms. The maximum Gasteiger partial charge on any atom is 0.229 e. The van der Waals surface area contributed by atoms with E-state index in [1.54, 1.807) is 30.7 Å². The zero-order valence-corrected chi connectivity index (χ0v) is 18.8. The van der Waals surface area contributed by atoms with Gasteiger partial charge in [0.15, 0.2) is 0 Å². The Bertz CT molecular complexity index is 971. The number of aliphatic hydroxyl groups excluding tert-OH is 1. The van der Waals surface area contributed by atoms with Crippen molar-refractivity contribution in [2.24, 2.45) is 0 Å². The third-order valence-electron chi connectivity index (χ3n) is 4.28. The largest absolute Gasteiger partial charge is 0.394 e. The van der Waals surface area contributed by atoms with Crippen molar-refractivity contribution < 1.29 is 9.32 Å². The highest BCUT2D eigenvalue weighted by Gasteiger charge is 2.11. The van der Waals surface area contributed by atoms with Gasteiger partial charge in [-0.15, -0.1) is 0 Å². The quantitative estimate of drug-likeness (QED) is 0.344. The van der Waals surface area contributed by atoms with Crippen LogP contribution < -0.4 is 15.4 Å². The summed E-state index contributed by atoms with van der Waals surface area (Å²) in [6.45, 7) is 2.49. The molecule has 0 bridgehead atoms. The zero-order valence-electron chi connectivity index (χ0n) is 16.4. The van der Waals surface area contributed by atoms with Crippen molar-refractivity contribution in [3.8, 4) is 0 Å². The summed E-state index contributed by atoms with van der Waals surface area (Å²) in [6, 6.07) is 10.9. The topological polar surface area (TPSA) is 112 Å². The van der Waals surface area contributed by atoms with Crippen LogP contribution >= 0.6 is 15.9 Å². The molecule has 0 aliphatic carbocycles. The van der Waals surface area contributed by atoms with Gasteiger partial charge in [-0.25, -0.2) is 13.9 Å². The van der Waals surface area contributed by atoms with E-state index in [1.165, 1.54) is 0 Å². The lowest BCUT2D eigenvalue weighted by atomic mass is 10.2. The van der Waals surface area contributed by atoms with E-state index in [0.717, 1.165) is 17.7 Å². The molecular formula is C20H23BrN6O2S. The van der Waals surface area contributed by atoms with Gasteiger partial charge in [0.2, 0.25) is 5.95 Å². The number of benzene rings is 1. The van der Waals surface area contributed by atoms with Crippen LogP contribution in [0, 0.1) is 0 Å². The molecule has 0 fully saturated rings. The minimum Gasteiger partial charge on any atom is -0.394 e. The van der Waals surface area contributed by atoms with E-state index in [9.17, 15) is 9.32 Å². The summed E-state index contributed by atoms with van der Waals surface area (Å²) >= 11 is 3.42. The monoisotopic (exact) mass is 490 g/mol. The first-order valence-corrected chi connectivity index (χ1v) is 11.3. The van der Waals surface area contributed by atoms with Gasteiger partial charge >= 0.3 is 0 Å². The maximum absolute atomic E-state index is 12.4. The maximum atomic E-state index is 12.4. The van der Waals surface area contributed by atoms with Crippen LogP contribution in [0.5, 0.6) is 0 Å². The summed E-state index contributed by atoms with van der Waals surface area (Å²) in [7, 11) is -1.32. The second-order valence-electron chi connectivity index (χ2n) is 6.42. The summed E-state index contributed by atoms with van der Waals surface area (Å²) < 4.78 is 16.1. The fourth-order valence-corrected chi connectivity index (χ4v) is 3.68. The number of hydrogen-bond donors (Lipinski definition) is 4. The molecule has 158 valence electrons. The Hall–Kier alpha value is -2.40. The van der Waals surface area contributed by atoms with Crippen LogP contribution in [0.2, 0.25) is 0 Å². The Balaban J connectivity index is 1.62. The van der Waals surface area contributed by atoms with Gasteiger partial charge in [0.1, 0.15) is 16.8 Å². The molecule has 0 saturated heterocycles. The van der Waals surface area contributed by atoms with Crippen LogP contribution in [0.4, 0.5) is 17.5 Å². The fourth-order valence-electron chi connectivity index (χ4n) is 2.52. The molecule has 0 saturated carbocycles. The van der Waals surface area contributed by atoms with E-state index in [-0.39, 0.29) is 12.6 Å². The molecule has 30 heavy (non-hydrogen) atoms. The highest BCUT2D eigenvalue weighted by Crippen LogP contribution is 2.23. The number of nitrogens with one attached hydrogen (secondary N) is 3. The molecule has 3 rings (SSSR count). The Morgan fingerprint density at radius 2 is 1.90 bits per heavy atom. The van der Waals surface area contributed by atoms with E-state index in [2.05, 4.69) is 46.2 Å². The Morgan fingerprint density at radius 3 is 2.57 bits per heavy atom. The minimum atomic E-state index is -1.32. The van der Waals surface area contributed by atoms with Crippen LogP contribution in [-0.4, -0.2) is 36.9 Å². The van der Waals surface area contributed by atoms with Gasteiger partial charge in [0, 0.05) is 30.8 Å². The van der Waals surface area contributed by atoms with Crippen molar-refractivity contribution in [3.63, 3.8) is 0 Å². The van der Waals surface area contributed by atoms with Crippen molar-refractivity contribution >= 4 is 44.4 Å². The van der Waals surface area contributed by atoms with Gasteiger partial charge in [0.25, 0.3) is 0 Å². The average Bonchev–Trinajstić information content (AvgIpc) is 2.79. The predicted molar refractivity (Wildman–Crippen MR) is 122 cm³/mol. The summed E-state index contributed by atoms with van der Waals surface area (Å²) in [6.07, 6.45) is 5.83. The van der Waals surface area contributed by atoms with Crippen LogP contribution in [0.25, 0.3) is 0 Å². The van der Waals surface area contributed by atoms with Crippen molar-refractivity contribution in [2.45, 2.75) is 30.8 Å². The molecule has 2 heterocycles. The third kappa shape index (κ3) is 6.30. The fraction of sp³-hybridized carbons (Fsp3) is 0.250. The standard InChI is InChI=1S/C20H23BrN6O2S/c1-2-15(13-28)25-19-18(21)12-23-20(27-19)26-16-3-5-17(6-4-16)30(29)24-11-14-7-9-22-10-8-14/h3-10,12,15,24,28H,2,11,13H2,1H3,(H2,23,25,26,27). The lowest BCUT2D eigenvalue weighted by molar-refractivity contribution is 0.271. The van der Waals surface area contributed by atoms with Crippen molar-refractivity contribution in [1.29, 1.82) is 0 Å². The normalized spacial score (nSPS) is 12.9. The van der Waals surface area contributed by atoms with Gasteiger partial charge in [-0.05, 0) is 64.3 Å². The lowest BCUT2D eigenvalue weighted by Gasteiger charge is -2.16. The summed E-state index contributed by atoms with van der Waals surface area (Å²) in [5.41, 5.74) is 1.78. The highest BCUT2D eigenvalue weighted by atomic mass is 79.9. The zero-order chi connectivity index (χ0) is 21.3. The van der Waals surface area contributed by atoms with Gasteiger partial charge in [0.05, 0.1) is 22.0 Å². The number of halogens is 1. The molecule has 0 amide bonds. The third-order valence-corrected chi connectivity index (χ3v) is 5.97. The molecule has 2 unspecified atom stereocenters.